The molecule has 0 atom stereocenters. The van der Waals surface area contributed by atoms with Gasteiger partial charge in [0.2, 0.25) is 5.88 Å². The van der Waals surface area contributed by atoms with Gasteiger partial charge >= 0.3 is 6.18 Å². The number of hydrogen-bond donors (Lipinski definition) is 1. The molecule has 1 aromatic carbocycles. The number of aryl methyl sites for hydroxylation is 1. The molecule has 0 spiro atoms. The van der Waals surface area contributed by atoms with Gasteiger partial charge in [0.05, 0.1) is 27.0 Å². The van der Waals surface area contributed by atoms with E-state index >= 15 is 0 Å². The lowest BCUT2D eigenvalue weighted by Gasteiger charge is -2.09. The van der Waals surface area contributed by atoms with Crippen LogP contribution in [0.1, 0.15) is 12.5 Å². The fourth-order valence-corrected chi connectivity index (χ4v) is 2.65. The number of benzene rings is 1. The summed E-state index contributed by atoms with van der Waals surface area (Å²) in [6.45, 7) is 2.33. The third-order valence-electron chi connectivity index (χ3n) is 3.39. The predicted octanol–water partition coefficient (Wildman–Crippen LogP) is 4.59. The molecule has 0 saturated carbocycles. The first-order valence-electron chi connectivity index (χ1n) is 6.21. The zero-order chi connectivity index (χ0) is 15.4. The lowest BCUT2D eigenvalue weighted by atomic mass is 10.1. The molecule has 0 unspecified atom stereocenters. The van der Waals surface area contributed by atoms with E-state index in [1.165, 1.54) is 10.6 Å². The molecule has 0 aliphatic carbocycles. The molecule has 3 aromatic rings. The second-order valence-corrected chi connectivity index (χ2v) is 5.03. The average Bonchev–Trinajstić information content (AvgIpc) is 2.74. The Hall–Kier alpha value is -1.95. The van der Waals surface area contributed by atoms with Crippen molar-refractivity contribution in [3.05, 3.63) is 35.0 Å². The lowest BCUT2D eigenvalue weighted by Crippen LogP contribution is -2.04. The topological polar surface area (TPSA) is 38.0 Å². The molecule has 110 valence electrons. The van der Waals surface area contributed by atoms with Crippen LogP contribution in [-0.2, 0) is 12.7 Å². The SMILES string of the molecule is CCn1cc2nc3ccc(C(F)(F)F)cc3c(Cl)c2c1O. The first-order valence-corrected chi connectivity index (χ1v) is 6.59. The van der Waals surface area contributed by atoms with E-state index in [0.717, 1.165) is 12.1 Å². The normalized spacial score (nSPS) is 12.4. The Labute approximate surface area is 122 Å². The van der Waals surface area contributed by atoms with Crippen LogP contribution < -0.4 is 0 Å². The smallest absolute Gasteiger partial charge is 0.416 e. The molecule has 0 aliphatic heterocycles. The predicted molar refractivity (Wildman–Crippen MR) is 74.6 cm³/mol. The van der Waals surface area contributed by atoms with Crippen LogP contribution in [0.5, 0.6) is 5.88 Å². The Bertz CT molecular complexity index is 855. The maximum absolute atomic E-state index is 12.8. The Morgan fingerprint density at radius 1 is 1.29 bits per heavy atom. The second-order valence-electron chi connectivity index (χ2n) is 4.65. The summed E-state index contributed by atoms with van der Waals surface area (Å²) in [6.07, 6.45) is -2.84. The second kappa shape index (κ2) is 4.53. The van der Waals surface area contributed by atoms with Crippen molar-refractivity contribution in [2.45, 2.75) is 19.6 Å². The van der Waals surface area contributed by atoms with E-state index in [1.54, 1.807) is 6.20 Å². The molecule has 1 N–H and O–H groups in total. The quantitative estimate of drug-likeness (QED) is 0.713. The molecule has 0 fully saturated rings. The zero-order valence-corrected chi connectivity index (χ0v) is 11.6. The monoisotopic (exact) mass is 314 g/mol. The van der Waals surface area contributed by atoms with E-state index in [1.807, 2.05) is 6.92 Å². The van der Waals surface area contributed by atoms with Gasteiger partial charge in [-0.15, -0.1) is 0 Å². The summed E-state index contributed by atoms with van der Waals surface area (Å²) in [7, 11) is 0. The minimum absolute atomic E-state index is 0.0748. The Morgan fingerprint density at radius 3 is 2.62 bits per heavy atom. The first kappa shape index (κ1) is 14.0. The standard InChI is InChI=1S/C14H10ClF3N2O/c1-2-20-6-10-11(13(20)21)12(15)8-5-7(14(16,17)18)3-4-9(8)19-10/h3-6,21H,2H2,1H3. The third kappa shape index (κ3) is 2.10. The van der Waals surface area contributed by atoms with Crippen molar-refractivity contribution in [2.24, 2.45) is 0 Å². The van der Waals surface area contributed by atoms with Gasteiger partial charge in [0.25, 0.3) is 0 Å². The van der Waals surface area contributed by atoms with Crippen molar-refractivity contribution in [1.82, 2.24) is 9.55 Å². The Balaban J connectivity index is 2.39. The van der Waals surface area contributed by atoms with Crippen LogP contribution in [0.2, 0.25) is 5.02 Å². The molecule has 3 nitrogen and oxygen atoms in total. The van der Waals surface area contributed by atoms with Crippen LogP contribution in [-0.4, -0.2) is 14.7 Å². The summed E-state index contributed by atoms with van der Waals surface area (Å²) in [5, 5.41) is 10.6. The molecule has 3 rings (SSSR count). The minimum Gasteiger partial charge on any atom is -0.494 e. The van der Waals surface area contributed by atoms with E-state index in [4.69, 9.17) is 11.6 Å². The van der Waals surface area contributed by atoms with Gasteiger partial charge in [-0.1, -0.05) is 11.6 Å². The number of hydrogen-bond acceptors (Lipinski definition) is 2. The molecule has 7 heteroatoms. The van der Waals surface area contributed by atoms with Crippen LogP contribution >= 0.6 is 11.6 Å². The molecular weight excluding hydrogens is 305 g/mol. The molecule has 21 heavy (non-hydrogen) atoms. The fraction of sp³-hybridized carbons (Fsp3) is 0.214. The summed E-state index contributed by atoms with van der Waals surface area (Å²) < 4.78 is 39.9. The summed E-state index contributed by atoms with van der Waals surface area (Å²) in [5.74, 6) is -0.0932. The van der Waals surface area contributed by atoms with Gasteiger partial charge in [-0.3, -0.25) is 0 Å². The number of aromatic nitrogens is 2. The number of aromatic hydroxyl groups is 1. The average molecular weight is 315 g/mol. The number of fused-ring (bicyclic) bond motifs is 2. The molecular formula is C14H10ClF3N2O. The fourth-order valence-electron chi connectivity index (χ4n) is 2.32. The number of nitrogens with zero attached hydrogens (tertiary/aromatic N) is 2. The highest BCUT2D eigenvalue weighted by molar-refractivity contribution is 6.40. The maximum Gasteiger partial charge on any atom is 0.416 e. The summed E-state index contributed by atoms with van der Waals surface area (Å²) in [6, 6.07) is 3.20. The molecule has 0 saturated heterocycles. The van der Waals surface area contributed by atoms with Crippen molar-refractivity contribution < 1.29 is 18.3 Å². The third-order valence-corrected chi connectivity index (χ3v) is 3.78. The Kier molecular flexibility index (Phi) is 3.02. The number of rotatable bonds is 1. The van der Waals surface area contributed by atoms with Gasteiger partial charge < -0.3 is 9.67 Å². The highest BCUT2D eigenvalue weighted by atomic mass is 35.5. The van der Waals surface area contributed by atoms with Gasteiger partial charge in [0, 0.05) is 18.1 Å². The lowest BCUT2D eigenvalue weighted by molar-refractivity contribution is -0.137. The van der Waals surface area contributed by atoms with Gasteiger partial charge in [0.15, 0.2) is 0 Å². The Morgan fingerprint density at radius 2 is 2.00 bits per heavy atom. The highest BCUT2D eigenvalue weighted by Gasteiger charge is 2.31. The molecule has 0 aliphatic rings. The van der Waals surface area contributed by atoms with Crippen LogP contribution in [0, 0.1) is 0 Å². The van der Waals surface area contributed by atoms with Crippen LogP contribution in [0.4, 0.5) is 13.2 Å². The molecule has 0 radical (unpaired) electrons. The minimum atomic E-state index is -4.45. The molecule has 2 aromatic heterocycles. The maximum atomic E-state index is 12.8. The van der Waals surface area contributed by atoms with Crippen LogP contribution in [0.15, 0.2) is 24.4 Å². The van der Waals surface area contributed by atoms with Crippen molar-refractivity contribution in [3.8, 4) is 5.88 Å². The molecule has 2 heterocycles. The van der Waals surface area contributed by atoms with Crippen LogP contribution in [0.25, 0.3) is 21.8 Å². The highest BCUT2D eigenvalue weighted by Crippen LogP contribution is 2.39. The van der Waals surface area contributed by atoms with Crippen molar-refractivity contribution >= 4 is 33.4 Å². The van der Waals surface area contributed by atoms with E-state index in [9.17, 15) is 18.3 Å². The van der Waals surface area contributed by atoms with Crippen LogP contribution in [0.3, 0.4) is 0 Å². The molecule has 0 bridgehead atoms. The first-order chi connectivity index (χ1) is 9.82. The van der Waals surface area contributed by atoms with Gasteiger partial charge in [-0.2, -0.15) is 13.2 Å². The van der Waals surface area contributed by atoms with E-state index in [2.05, 4.69) is 4.98 Å². The largest absolute Gasteiger partial charge is 0.494 e. The van der Waals surface area contributed by atoms with E-state index in [0.29, 0.717) is 17.6 Å². The summed E-state index contributed by atoms with van der Waals surface area (Å²) >= 11 is 6.19. The van der Waals surface area contributed by atoms with Crippen molar-refractivity contribution in [2.75, 3.05) is 0 Å². The van der Waals surface area contributed by atoms with Crippen molar-refractivity contribution in [1.29, 1.82) is 0 Å². The number of pyridine rings is 1. The van der Waals surface area contributed by atoms with Gasteiger partial charge in [0.1, 0.15) is 0 Å². The van der Waals surface area contributed by atoms with Gasteiger partial charge in [-0.05, 0) is 25.1 Å². The summed E-state index contributed by atoms with van der Waals surface area (Å²) in [4.78, 5) is 4.26. The van der Waals surface area contributed by atoms with E-state index in [-0.39, 0.29) is 21.7 Å². The molecule has 0 amide bonds. The number of alkyl halides is 3. The van der Waals surface area contributed by atoms with E-state index < -0.39 is 11.7 Å². The van der Waals surface area contributed by atoms with Gasteiger partial charge in [-0.25, -0.2) is 4.98 Å². The number of halogens is 4. The van der Waals surface area contributed by atoms with Crippen molar-refractivity contribution in [3.63, 3.8) is 0 Å². The zero-order valence-electron chi connectivity index (χ0n) is 10.9. The summed E-state index contributed by atoms with van der Waals surface area (Å²) in [5.41, 5.74) is 0.00725.